The summed E-state index contributed by atoms with van der Waals surface area (Å²) in [5.74, 6) is 0.0379. The first-order valence-electron chi connectivity index (χ1n) is 7.49. The van der Waals surface area contributed by atoms with Crippen molar-refractivity contribution in [2.45, 2.75) is 32.5 Å². The van der Waals surface area contributed by atoms with Gasteiger partial charge in [-0.2, -0.15) is 13.2 Å². The number of carbonyl (C=O) groups excluding carboxylic acids is 1. The molecule has 0 bridgehead atoms. The van der Waals surface area contributed by atoms with Gasteiger partial charge in [0, 0.05) is 38.3 Å². The number of carbonyl (C=O) groups is 1. The van der Waals surface area contributed by atoms with Crippen molar-refractivity contribution in [3.05, 3.63) is 17.0 Å². The second-order valence-corrected chi connectivity index (χ2v) is 5.63. The minimum Gasteiger partial charge on any atom is -0.361 e. The number of aromatic nitrogens is 1. The van der Waals surface area contributed by atoms with Gasteiger partial charge in [0.25, 0.3) is 0 Å². The maximum Gasteiger partial charge on any atom is 0.405 e. The summed E-state index contributed by atoms with van der Waals surface area (Å²) in [7, 11) is 0. The fraction of sp³-hybridized carbons (Fsp3) is 0.714. The molecule has 0 saturated carbocycles. The Balaban J connectivity index is 1.94. The van der Waals surface area contributed by atoms with Crippen LogP contribution in [0.3, 0.4) is 0 Å². The molecule has 0 aromatic carbocycles. The highest BCUT2D eigenvalue weighted by Gasteiger charge is 2.43. The third-order valence-electron chi connectivity index (χ3n) is 3.98. The van der Waals surface area contributed by atoms with Gasteiger partial charge in [-0.3, -0.25) is 9.69 Å². The van der Waals surface area contributed by atoms with E-state index in [0.717, 1.165) is 0 Å². The van der Waals surface area contributed by atoms with Gasteiger partial charge in [-0.05, 0) is 13.8 Å². The van der Waals surface area contributed by atoms with Crippen LogP contribution in [0.5, 0.6) is 0 Å². The predicted molar refractivity (Wildman–Crippen MR) is 77.0 cm³/mol. The summed E-state index contributed by atoms with van der Waals surface area (Å²) in [4.78, 5) is 13.3. The van der Waals surface area contributed by atoms with E-state index < -0.39 is 24.7 Å². The summed E-state index contributed by atoms with van der Waals surface area (Å²) in [5, 5.41) is 9.13. The Kier molecular flexibility index (Phi) is 5.64. The molecule has 1 aliphatic rings. The van der Waals surface area contributed by atoms with Crippen LogP contribution in [0, 0.1) is 13.8 Å². The number of aryl methyl sites for hydroxylation is 2. The van der Waals surface area contributed by atoms with Gasteiger partial charge in [0.15, 0.2) is 0 Å². The number of rotatable bonds is 5. The molecule has 6 nitrogen and oxygen atoms in total. The summed E-state index contributed by atoms with van der Waals surface area (Å²) >= 11 is 0. The Hall–Kier alpha value is -1.61. The van der Waals surface area contributed by atoms with E-state index in [4.69, 9.17) is 4.52 Å². The molecule has 23 heavy (non-hydrogen) atoms. The third kappa shape index (κ3) is 4.68. The van der Waals surface area contributed by atoms with Crippen LogP contribution in [-0.2, 0) is 11.2 Å². The normalized spacial score (nSPS) is 18.0. The molecule has 9 heteroatoms. The Bertz CT molecular complexity index is 519. The van der Waals surface area contributed by atoms with E-state index in [1.54, 1.807) is 13.8 Å². The van der Waals surface area contributed by atoms with Gasteiger partial charge in [0.2, 0.25) is 5.91 Å². The fourth-order valence-corrected chi connectivity index (χ4v) is 2.63. The molecule has 1 fully saturated rings. The Morgan fingerprint density at radius 1 is 1.39 bits per heavy atom. The van der Waals surface area contributed by atoms with Crippen LogP contribution in [0.25, 0.3) is 0 Å². The molecule has 0 radical (unpaired) electrons. The average molecular weight is 334 g/mol. The summed E-state index contributed by atoms with van der Waals surface area (Å²) in [6, 6.07) is -1.67. The maximum atomic E-state index is 13.2. The minimum atomic E-state index is -4.38. The molecular formula is C14H21F3N4O2. The van der Waals surface area contributed by atoms with Crippen molar-refractivity contribution in [3.8, 4) is 0 Å². The number of halogens is 3. The first kappa shape index (κ1) is 17.7. The van der Waals surface area contributed by atoms with Crippen LogP contribution in [0.15, 0.2) is 4.52 Å². The number of hydrogen-bond donors (Lipinski definition) is 2. The van der Waals surface area contributed by atoms with Crippen molar-refractivity contribution in [3.63, 3.8) is 0 Å². The van der Waals surface area contributed by atoms with Gasteiger partial charge in [0.05, 0.1) is 12.1 Å². The van der Waals surface area contributed by atoms with E-state index in [0.29, 0.717) is 43.2 Å². The van der Waals surface area contributed by atoms with Gasteiger partial charge in [-0.25, -0.2) is 0 Å². The Morgan fingerprint density at radius 3 is 2.57 bits per heavy atom. The van der Waals surface area contributed by atoms with Crippen molar-refractivity contribution >= 4 is 5.91 Å². The molecule has 1 unspecified atom stereocenters. The fourth-order valence-electron chi connectivity index (χ4n) is 2.63. The lowest BCUT2D eigenvalue weighted by molar-refractivity contribution is -0.184. The number of alkyl halides is 3. The van der Waals surface area contributed by atoms with Crippen LogP contribution in [0.4, 0.5) is 13.2 Å². The SMILES string of the molecule is Cc1noc(C)c1CC(=O)NCC(N1CCNCC1)C(F)(F)F. The Labute approximate surface area is 132 Å². The monoisotopic (exact) mass is 334 g/mol. The number of nitrogens with one attached hydrogen (secondary N) is 2. The standard InChI is InChI=1S/C14H21F3N4O2/c1-9-11(10(2)23-20-9)7-13(22)19-8-12(14(15,16)17)21-5-3-18-4-6-21/h12,18H,3-8H2,1-2H3,(H,19,22). The van der Waals surface area contributed by atoms with Crippen molar-refractivity contribution in [2.24, 2.45) is 0 Å². The number of hydrogen-bond acceptors (Lipinski definition) is 5. The average Bonchev–Trinajstić information content (AvgIpc) is 2.79. The molecule has 0 aliphatic carbocycles. The summed E-state index contributed by atoms with van der Waals surface area (Å²) < 4.78 is 44.6. The lowest BCUT2D eigenvalue weighted by atomic mass is 10.1. The topological polar surface area (TPSA) is 70.4 Å². The lowest BCUT2D eigenvalue weighted by Crippen LogP contribution is -2.57. The van der Waals surface area contributed by atoms with E-state index in [1.807, 2.05) is 0 Å². The molecule has 0 spiro atoms. The molecule has 1 amide bonds. The van der Waals surface area contributed by atoms with E-state index >= 15 is 0 Å². The van der Waals surface area contributed by atoms with Gasteiger partial charge in [-0.1, -0.05) is 5.16 Å². The summed E-state index contributed by atoms with van der Waals surface area (Å²) in [6.45, 7) is 4.55. The molecule has 1 aromatic rings. The van der Waals surface area contributed by atoms with Gasteiger partial charge in [-0.15, -0.1) is 0 Å². The van der Waals surface area contributed by atoms with Crippen LogP contribution in [-0.4, -0.2) is 60.9 Å². The van der Waals surface area contributed by atoms with Crippen molar-refractivity contribution in [2.75, 3.05) is 32.7 Å². The predicted octanol–water partition coefficient (Wildman–Crippen LogP) is 0.786. The van der Waals surface area contributed by atoms with Crippen molar-refractivity contribution < 1.29 is 22.5 Å². The van der Waals surface area contributed by atoms with Crippen molar-refractivity contribution in [1.29, 1.82) is 0 Å². The summed E-state index contributed by atoms with van der Waals surface area (Å²) in [6.07, 6.45) is -4.42. The van der Waals surface area contributed by atoms with E-state index in [1.165, 1.54) is 4.90 Å². The van der Waals surface area contributed by atoms with E-state index in [-0.39, 0.29) is 6.42 Å². The van der Waals surface area contributed by atoms with Crippen LogP contribution >= 0.6 is 0 Å². The van der Waals surface area contributed by atoms with Crippen LogP contribution in [0.2, 0.25) is 0 Å². The first-order chi connectivity index (χ1) is 10.8. The maximum absolute atomic E-state index is 13.2. The first-order valence-corrected chi connectivity index (χ1v) is 7.49. The number of piperazine rings is 1. The van der Waals surface area contributed by atoms with Gasteiger partial charge < -0.3 is 15.2 Å². The molecule has 1 aliphatic heterocycles. The molecular weight excluding hydrogens is 313 g/mol. The largest absolute Gasteiger partial charge is 0.405 e. The number of amides is 1. The molecule has 1 atom stereocenters. The van der Waals surface area contributed by atoms with Crippen molar-refractivity contribution in [1.82, 2.24) is 20.7 Å². The highest BCUT2D eigenvalue weighted by atomic mass is 19.4. The second-order valence-electron chi connectivity index (χ2n) is 5.63. The van der Waals surface area contributed by atoms with E-state index in [9.17, 15) is 18.0 Å². The molecule has 2 heterocycles. The van der Waals surface area contributed by atoms with Gasteiger partial charge >= 0.3 is 6.18 Å². The molecule has 2 N–H and O–H groups in total. The quantitative estimate of drug-likeness (QED) is 0.833. The minimum absolute atomic E-state index is 0.0344. The number of nitrogens with zero attached hydrogens (tertiary/aromatic N) is 2. The Morgan fingerprint density at radius 2 is 2.04 bits per heavy atom. The zero-order valence-electron chi connectivity index (χ0n) is 13.2. The molecule has 1 aromatic heterocycles. The molecule has 2 rings (SSSR count). The molecule has 1 saturated heterocycles. The second kappa shape index (κ2) is 7.31. The van der Waals surface area contributed by atoms with Crippen LogP contribution < -0.4 is 10.6 Å². The highest BCUT2D eigenvalue weighted by Crippen LogP contribution is 2.24. The molecule has 130 valence electrons. The zero-order chi connectivity index (χ0) is 17.0. The lowest BCUT2D eigenvalue weighted by Gasteiger charge is -2.35. The highest BCUT2D eigenvalue weighted by molar-refractivity contribution is 5.79. The smallest absolute Gasteiger partial charge is 0.361 e. The summed E-state index contributed by atoms with van der Waals surface area (Å²) in [5.41, 5.74) is 1.19. The third-order valence-corrected chi connectivity index (χ3v) is 3.98. The van der Waals surface area contributed by atoms with E-state index in [2.05, 4.69) is 15.8 Å². The van der Waals surface area contributed by atoms with Crippen LogP contribution in [0.1, 0.15) is 17.0 Å². The zero-order valence-corrected chi connectivity index (χ0v) is 13.2. The van der Waals surface area contributed by atoms with Gasteiger partial charge in [0.1, 0.15) is 11.8 Å².